The van der Waals surface area contributed by atoms with Gasteiger partial charge >= 0.3 is 0 Å². The zero-order valence-electron chi connectivity index (χ0n) is 8.63. The molecule has 1 rings (SSSR count). The lowest BCUT2D eigenvalue weighted by atomic mass is 10.2. The molecule has 0 spiro atoms. The van der Waals surface area contributed by atoms with Gasteiger partial charge in [0.1, 0.15) is 5.75 Å². The predicted octanol–water partition coefficient (Wildman–Crippen LogP) is 1.66. The van der Waals surface area contributed by atoms with Gasteiger partial charge in [0.15, 0.2) is 0 Å². The third kappa shape index (κ3) is 3.51. The molecule has 2 nitrogen and oxygen atoms in total. The SMILES string of the molecule is CNCCC#Cc1ccc(OC)cc1. The normalized spacial score (nSPS) is 9.00. The molecule has 0 saturated heterocycles. The Morgan fingerprint density at radius 3 is 2.57 bits per heavy atom. The van der Waals surface area contributed by atoms with E-state index < -0.39 is 0 Å². The second-order valence-electron chi connectivity index (χ2n) is 2.88. The summed E-state index contributed by atoms with van der Waals surface area (Å²) >= 11 is 0. The molecule has 0 aromatic heterocycles. The first-order chi connectivity index (χ1) is 6.86. The molecule has 0 amide bonds. The molecule has 74 valence electrons. The van der Waals surface area contributed by atoms with Crippen molar-refractivity contribution in [2.24, 2.45) is 0 Å². The van der Waals surface area contributed by atoms with Crippen LogP contribution in [0.4, 0.5) is 0 Å². The Morgan fingerprint density at radius 2 is 2.00 bits per heavy atom. The fraction of sp³-hybridized carbons (Fsp3) is 0.333. The number of benzene rings is 1. The number of hydrogen-bond donors (Lipinski definition) is 1. The van der Waals surface area contributed by atoms with Crippen LogP contribution < -0.4 is 10.1 Å². The molecule has 0 aliphatic carbocycles. The molecule has 1 N–H and O–H groups in total. The minimum atomic E-state index is 0.866. The molecular formula is C12H15NO. The van der Waals surface area contributed by atoms with Crippen LogP contribution in [0.2, 0.25) is 0 Å². The largest absolute Gasteiger partial charge is 0.497 e. The molecule has 0 aliphatic heterocycles. The monoisotopic (exact) mass is 189 g/mol. The third-order valence-electron chi connectivity index (χ3n) is 1.82. The summed E-state index contributed by atoms with van der Waals surface area (Å²) in [5, 5.41) is 3.05. The molecular weight excluding hydrogens is 174 g/mol. The number of nitrogens with one attached hydrogen (secondary N) is 1. The van der Waals surface area contributed by atoms with Crippen LogP contribution in [0.5, 0.6) is 5.75 Å². The van der Waals surface area contributed by atoms with Gasteiger partial charge in [0.2, 0.25) is 0 Å². The van der Waals surface area contributed by atoms with E-state index in [9.17, 15) is 0 Å². The minimum absolute atomic E-state index is 0.866. The fourth-order valence-corrected chi connectivity index (χ4v) is 1.03. The van der Waals surface area contributed by atoms with Gasteiger partial charge in [-0.1, -0.05) is 11.8 Å². The summed E-state index contributed by atoms with van der Waals surface area (Å²) in [7, 11) is 3.59. The molecule has 2 heteroatoms. The van der Waals surface area contributed by atoms with E-state index >= 15 is 0 Å². The first-order valence-corrected chi connectivity index (χ1v) is 4.64. The van der Waals surface area contributed by atoms with E-state index in [-0.39, 0.29) is 0 Å². The highest BCUT2D eigenvalue weighted by atomic mass is 16.5. The Morgan fingerprint density at radius 1 is 1.29 bits per heavy atom. The summed E-state index contributed by atoms with van der Waals surface area (Å²) in [4.78, 5) is 0. The van der Waals surface area contributed by atoms with Crippen molar-refractivity contribution in [2.75, 3.05) is 20.7 Å². The van der Waals surface area contributed by atoms with Gasteiger partial charge in [0, 0.05) is 18.5 Å². The molecule has 1 aromatic rings. The predicted molar refractivity (Wildman–Crippen MR) is 58.4 cm³/mol. The third-order valence-corrected chi connectivity index (χ3v) is 1.82. The number of ether oxygens (including phenoxy) is 1. The average Bonchev–Trinajstić information content (AvgIpc) is 2.25. The Kier molecular flexibility index (Phi) is 4.60. The van der Waals surface area contributed by atoms with Crippen molar-refractivity contribution in [2.45, 2.75) is 6.42 Å². The summed E-state index contributed by atoms with van der Waals surface area (Å²) in [6, 6.07) is 7.76. The van der Waals surface area contributed by atoms with Gasteiger partial charge in [0.25, 0.3) is 0 Å². The van der Waals surface area contributed by atoms with Gasteiger partial charge in [-0.05, 0) is 31.3 Å². The van der Waals surface area contributed by atoms with Crippen molar-refractivity contribution in [3.8, 4) is 17.6 Å². The van der Waals surface area contributed by atoms with Crippen LogP contribution in [0.3, 0.4) is 0 Å². The van der Waals surface area contributed by atoms with Crippen molar-refractivity contribution < 1.29 is 4.74 Å². The standard InChI is InChI=1S/C12H15NO/c1-13-10-4-3-5-11-6-8-12(14-2)9-7-11/h6-9,13H,4,10H2,1-2H3. The van der Waals surface area contributed by atoms with Crippen molar-refractivity contribution in [3.05, 3.63) is 29.8 Å². The van der Waals surface area contributed by atoms with Crippen LogP contribution in [0.15, 0.2) is 24.3 Å². The average molecular weight is 189 g/mol. The molecule has 1 aromatic carbocycles. The highest BCUT2D eigenvalue weighted by molar-refractivity contribution is 5.38. The molecule has 0 unspecified atom stereocenters. The first-order valence-electron chi connectivity index (χ1n) is 4.64. The van der Waals surface area contributed by atoms with E-state index in [1.807, 2.05) is 31.3 Å². The van der Waals surface area contributed by atoms with Crippen LogP contribution in [-0.2, 0) is 0 Å². The summed E-state index contributed by atoms with van der Waals surface area (Å²) in [6.45, 7) is 0.934. The second kappa shape index (κ2) is 6.06. The second-order valence-corrected chi connectivity index (χ2v) is 2.88. The molecule has 0 atom stereocenters. The Bertz CT molecular complexity index is 318. The van der Waals surface area contributed by atoms with Crippen molar-refractivity contribution in [1.82, 2.24) is 5.32 Å². The minimum Gasteiger partial charge on any atom is -0.497 e. The summed E-state index contributed by atoms with van der Waals surface area (Å²) in [6.07, 6.45) is 0.878. The Balaban J connectivity index is 2.53. The fourth-order valence-electron chi connectivity index (χ4n) is 1.03. The maximum Gasteiger partial charge on any atom is 0.118 e. The van der Waals surface area contributed by atoms with E-state index in [1.165, 1.54) is 0 Å². The van der Waals surface area contributed by atoms with Crippen LogP contribution in [-0.4, -0.2) is 20.7 Å². The van der Waals surface area contributed by atoms with Gasteiger partial charge < -0.3 is 10.1 Å². The molecule has 0 radical (unpaired) electrons. The zero-order valence-corrected chi connectivity index (χ0v) is 8.63. The lowest BCUT2D eigenvalue weighted by Gasteiger charge is -1.97. The van der Waals surface area contributed by atoms with Crippen molar-refractivity contribution in [3.63, 3.8) is 0 Å². The van der Waals surface area contributed by atoms with Gasteiger partial charge in [-0.15, -0.1) is 0 Å². The maximum absolute atomic E-state index is 5.05. The van der Waals surface area contributed by atoms with Crippen molar-refractivity contribution in [1.29, 1.82) is 0 Å². The van der Waals surface area contributed by atoms with E-state index in [4.69, 9.17) is 4.74 Å². The van der Waals surface area contributed by atoms with Gasteiger partial charge in [-0.25, -0.2) is 0 Å². The van der Waals surface area contributed by atoms with E-state index in [1.54, 1.807) is 7.11 Å². The summed E-state index contributed by atoms with van der Waals surface area (Å²) < 4.78 is 5.05. The molecule has 0 fully saturated rings. The quantitative estimate of drug-likeness (QED) is 0.576. The molecule has 0 aliphatic rings. The van der Waals surface area contributed by atoms with Gasteiger partial charge in [0.05, 0.1) is 7.11 Å². The maximum atomic E-state index is 5.05. The smallest absolute Gasteiger partial charge is 0.118 e. The van der Waals surface area contributed by atoms with Crippen LogP contribution >= 0.6 is 0 Å². The Labute approximate surface area is 85.3 Å². The molecule has 0 saturated carbocycles. The lowest BCUT2D eigenvalue weighted by molar-refractivity contribution is 0.415. The van der Waals surface area contributed by atoms with Crippen LogP contribution in [0.1, 0.15) is 12.0 Å². The van der Waals surface area contributed by atoms with E-state index in [0.717, 1.165) is 24.3 Å². The molecule has 0 bridgehead atoms. The van der Waals surface area contributed by atoms with Crippen LogP contribution in [0.25, 0.3) is 0 Å². The first kappa shape index (κ1) is 10.6. The summed E-state index contributed by atoms with van der Waals surface area (Å²) in [5.41, 5.74) is 1.03. The van der Waals surface area contributed by atoms with Gasteiger partial charge in [-0.2, -0.15) is 0 Å². The zero-order chi connectivity index (χ0) is 10.2. The molecule has 0 heterocycles. The van der Waals surface area contributed by atoms with E-state index in [0.29, 0.717) is 0 Å². The molecule has 14 heavy (non-hydrogen) atoms. The Hall–Kier alpha value is -1.46. The van der Waals surface area contributed by atoms with Gasteiger partial charge in [-0.3, -0.25) is 0 Å². The lowest BCUT2D eigenvalue weighted by Crippen LogP contribution is -2.05. The van der Waals surface area contributed by atoms with Crippen LogP contribution in [0, 0.1) is 11.8 Å². The number of hydrogen-bond acceptors (Lipinski definition) is 2. The number of methoxy groups -OCH3 is 1. The van der Waals surface area contributed by atoms with E-state index in [2.05, 4.69) is 17.2 Å². The topological polar surface area (TPSA) is 21.3 Å². The number of rotatable bonds is 3. The highest BCUT2D eigenvalue weighted by Crippen LogP contribution is 2.09. The summed E-state index contributed by atoms with van der Waals surface area (Å²) in [5.74, 6) is 7.04. The highest BCUT2D eigenvalue weighted by Gasteiger charge is 1.88. The van der Waals surface area contributed by atoms with Crippen molar-refractivity contribution >= 4 is 0 Å².